The van der Waals surface area contributed by atoms with E-state index in [2.05, 4.69) is 0 Å². The van der Waals surface area contributed by atoms with E-state index in [0.717, 1.165) is 22.3 Å². The molecule has 3 aromatic carbocycles. The molecule has 3 aromatic heterocycles. The molecule has 7 nitrogen and oxygen atoms in total. The van der Waals surface area contributed by atoms with Crippen molar-refractivity contribution in [3.8, 4) is 22.9 Å². The van der Waals surface area contributed by atoms with Crippen LogP contribution in [0.3, 0.4) is 0 Å². The molecule has 0 saturated carbocycles. The highest BCUT2D eigenvalue weighted by Crippen LogP contribution is 2.31. The summed E-state index contributed by atoms with van der Waals surface area (Å²) in [6, 6.07) is 20.4. The molecule has 0 atom stereocenters. The minimum atomic E-state index is -0.182. The summed E-state index contributed by atoms with van der Waals surface area (Å²) in [5, 5.41) is 0.794. The minimum Gasteiger partial charge on any atom is -0.497 e. The Hall–Kier alpha value is -4.39. The Kier molecular flexibility index (Phi) is 3.91. The van der Waals surface area contributed by atoms with Crippen molar-refractivity contribution in [2.45, 2.75) is 0 Å². The summed E-state index contributed by atoms with van der Waals surface area (Å²) >= 11 is 0. The first kappa shape index (κ1) is 18.4. The van der Waals surface area contributed by atoms with Crippen LogP contribution in [0.4, 0.5) is 0 Å². The van der Waals surface area contributed by atoms with Crippen LogP contribution < -0.4 is 14.9 Å². The second-order valence-electron chi connectivity index (χ2n) is 7.40. The Labute approximate surface area is 181 Å². The quantitative estimate of drug-likeness (QED) is 0.380. The zero-order valence-electron chi connectivity index (χ0n) is 17.3. The van der Waals surface area contributed by atoms with Crippen molar-refractivity contribution in [1.82, 2.24) is 14.4 Å². The zero-order chi connectivity index (χ0) is 21.8. The van der Waals surface area contributed by atoms with Gasteiger partial charge in [-0.05, 0) is 48.5 Å². The Morgan fingerprint density at radius 3 is 2.41 bits per heavy atom. The van der Waals surface area contributed by atoms with E-state index in [4.69, 9.17) is 23.9 Å². The molecule has 0 unspecified atom stereocenters. The fourth-order valence-corrected chi connectivity index (χ4v) is 4.05. The monoisotopic (exact) mass is 423 g/mol. The molecule has 0 aliphatic carbocycles. The molecule has 6 aromatic rings. The highest BCUT2D eigenvalue weighted by Gasteiger charge is 2.20. The molecule has 0 spiro atoms. The van der Waals surface area contributed by atoms with Crippen LogP contribution >= 0.6 is 0 Å². The second-order valence-corrected chi connectivity index (χ2v) is 7.40. The van der Waals surface area contributed by atoms with Gasteiger partial charge in [0, 0.05) is 11.6 Å². The molecule has 32 heavy (non-hydrogen) atoms. The number of hydrogen-bond acceptors (Lipinski definition) is 6. The van der Waals surface area contributed by atoms with Crippen LogP contribution in [0.25, 0.3) is 50.1 Å². The topological polar surface area (TPSA) is 78.9 Å². The first-order valence-corrected chi connectivity index (χ1v) is 10.0. The van der Waals surface area contributed by atoms with E-state index in [1.54, 1.807) is 32.4 Å². The van der Waals surface area contributed by atoms with E-state index < -0.39 is 0 Å². The van der Waals surface area contributed by atoms with Crippen molar-refractivity contribution in [3.05, 3.63) is 77.0 Å². The van der Waals surface area contributed by atoms with Crippen molar-refractivity contribution in [3.63, 3.8) is 0 Å². The highest BCUT2D eigenvalue weighted by molar-refractivity contribution is 6.00. The lowest BCUT2D eigenvalue weighted by atomic mass is 10.1. The van der Waals surface area contributed by atoms with Gasteiger partial charge in [-0.15, -0.1) is 0 Å². The second kappa shape index (κ2) is 6.81. The number of hydrogen-bond donors (Lipinski definition) is 0. The third kappa shape index (κ3) is 2.58. The number of para-hydroxylation sites is 2. The van der Waals surface area contributed by atoms with Gasteiger partial charge in [-0.2, -0.15) is 4.98 Å². The lowest BCUT2D eigenvalue weighted by Gasteiger charge is -2.10. The molecule has 0 aliphatic rings. The van der Waals surface area contributed by atoms with Gasteiger partial charge in [-0.25, -0.2) is 4.98 Å². The van der Waals surface area contributed by atoms with Gasteiger partial charge in [0.25, 0.3) is 0 Å². The predicted octanol–water partition coefficient (Wildman–Crippen LogP) is 4.83. The number of benzene rings is 3. The molecule has 156 valence electrons. The van der Waals surface area contributed by atoms with Crippen molar-refractivity contribution in [2.24, 2.45) is 0 Å². The van der Waals surface area contributed by atoms with Crippen LogP contribution in [0.1, 0.15) is 0 Å². The van der Waals surface area contributed by atoms with Crippen molar-refractivity contribution >= 4 is 38.7 Å². The van der Waals surface area contributed by atoms with Crippen molar-refractivity contribution in [1.29, 1.82) is 0 Å². The summed E-state index contributed by atoms with van der Waals surface area (Å²) < 4.78 is 18.6. The molecule has 0 amide bonds. The van der Waals surface area contributed by atoms with E-state index in [9.17, 15) is 4.79 Å². The number of aromatic nitrogens is 3. The highest BCUT2D eigenvalue weighted by atomic mass is 16.5. The van der Waals surface area contributed by atoms with Gasteiger partial charge in [0.1, 0.15) is 28.3 Å². The maximum absolute atomic E-state index is 13.5. The lowest BCUT2D eigenvalue weighted by molar-refractivity contribution is 0.414. The van der Waals surface area contributed by atoms with Gasteiger partial charge in [0.2, 0.25) is 11.1 Å². The van der Waals surface area contributed by atoms with Crippen LogP contribution in [-0.4, -0.2) is 28.6 Å². The molecule has 6 rings (SSSR count). The third-order valence-corrected chi connectivity index (χ3v) is 5.63. The minimum absolute atomic E-state index is 0.182. The summed E-state index contributed by atoms with van der Waals surface area (Å²) in [5.74, 6) is 1.96. The average Bonchev–Trinajstić information content (AvgIpc) is 3.22. The molecule has 3 heterocycles. The first-order chi connectivity index (χ1) is 15.7. The predicted molar refractivity (Wildman–Crippen MR) is 123 cm³/mol. The molecule has 0 saturated heterocycles. The molecule has 0 N–H and O–H groups in total. The lowest BCUT2D eigenvalue weighted by Crippen LogP contribution is -2.08. The fraction of sp³-hybridized carbons (Fsp3) is 0.0800. The molecule has 0 bridgehead atoms. The smallest absolute Gasteiger partial charge is 0.236 e. The van der Waals surface area contributed by atoms with Gasteiger partial charge in [0.15, 0.2) is 5.65 Å². The van der Waals surface area contributed by atoms with Gasteiger partial charge in [-0.1, -0.05) is 12.1 Å². The summed E-state index contributed by atoms with van der Waals surface area (Å²) in [6.45, 7) is 0. The summed E-state index contributed by atoms with van der Waals surface area (Å²) in [5.41, 5.74) is 3.43. The SMILES string of the molecule is COc1ccc(-c2nc3oc4cc(OC)ccc4c(=O)c3c3nc4ccccc4n23)cc1. The Morgan fingerprint density at radius 2 is 1.62 bits per heavy atom. The van der Waals surface area contributed by atoms with E-state index in [1.807, 2.05) is 52.9 Å². The maximum atomic E-state index is 13.5. The summed E-state index contributed by atoms with van der Waals surface area (Å²) in [7, 11) is 3.19. The molecule has 0 radical (unpaired) electrons. The van der Waals surface area contributed by atoms with Gasteiger partial charge in [-0.3, -0.25) is 9.20 Å². The first-order valence-electron chi connectivity index (χ1n) is 10.0. The number of imidazole rings is 1. The van der Waals surface area contributed by atoms with E-state index >= 15 is 0 Å². The summed E-state index contributed by atoms with van der Waals surface area (Å²) in [4.78, 5) is 23.1. The van der Waals surface area contributed by atoms with Crippen molar-refractivity contribution < 1.29 is 13.9 Å². The van der Waals surface area contributed by atoms with Crippen LogP contribution in [-0.2, 0) is 0 Å². The number of nitrogens with zero attached hydrogens (tertiary/aromatic N) is 3. The molecule has 7 heteroatoms. The largest absolute Gasteiger partial charge is 0.497 e. The average molecular weight is 423 g/mol. The molecular weight excluding hydrogens is 406 g/mol. The zero-order valence-corrected chi connectivity index (χ0v) is 17.3. The van der Waals surface area contributed by atoms with Crippen LogP contribution in [0.5, 0.6) is 11.5 Å². The Morgan fingerprint density at radius 1 is 0.875 bits per heavy atom. The van der Waals surface area contributed by atoms with Crippen LogP contribution in [0, 0.1) is 0 Å². The number of methoxy groups -OCH3 is 2. The molecule has 0 fully saturated rings. The molecular formula is C25H17N3O4. The summed E-state index contributed by atoms with van der Waals surface area (Å²) in [6.07, 6.45) is 0. The van der Waals surface area contributed by atoms with Gasteiger partial charge < -0.3 is 13.9 Å². The van der Waals surface area contributed by atoms with Crippen LogP contribution in [0.15, 0.2) is 75.9 Å². The third-order valence-electron chi connectivity index (χ3n) is 5.63. The fourth-order valence-electron chi connectivity index (χ4n) is 4.05. The van der Waals surface area contributed by atoms with Gasteiger partial charge in [0.05, 0.1) is 30.6 Å². The Bertz CT molecular complexity index is 1720. The number of ether oxygens (including phenoxy) is 2. The normalized spacial score (nSPS) is 11.6. The van der Waals surface area contributed by atoms with Gasteiger partial charge >= 0.3 is 0 Å². The maximum Gasteiger partial charge on any atom is 0.236 e. The van der Waals surface area contributed by atoms with E-state index in [0.29, 0.717) is 33.6 Å². The standard InChI is InChI=1S/C25H17N3O4/c1-30-15-9-7-14(8-10-15)23-27-25-21(24-26-18-5-3-4-6-19(18)28(23)24)22(29)17-12-11-16(31-2)13-20(17)32-25/h3-13H,1-2H3. The van der Waals surface area contributed by atoms with Crippen molar-refractivity contribution in [2.75, 3.05) is 14.2 Å². The van der Waals surface area contributed by atoms with E-state index in [-0.39, 0.29) is 11.1 Å². The number of rotatable bonds is 3. The number of fused-ring (bicyclic) bond motifs is 6. The van der Waals surface area contributed by atoms with Crippen LogP contribution in [0.2, 0.25) is 0 Å². The molecule has 0 aliphatic heterocycles. The Balaban J connectivity index is 1.80. The van der Waals surface area contributed by atoms with E-state index in [1.165, 1.54) is 0 Å².